The molecule has 2 heterocycles. The summed E-state index contributed by atoms with van der Waals surface area (Å²) < 4.78 is 0. The van der Waals surface area contributed by atoms with Gasteiger partial charge in [-0.3, -0.25) is 4.79 Å². The van der Waals surface area contributed by atoms with Crippen LogP contribution >= 0.6 is 22.7 Å². The van der Waals surface area contributed by atoms with Gasteiger partial charge in [0.05, 0.1) is 22.1 Å². The minimum absolute atomic E-state index is 0.120. The van der Waals surface area contributed by atoms with Gasteiger partial charge in [-0.2, -0.15) is 0 Å². The van der Waals surface area contributed by atoms with E-state index in [1.165, 1.54) is 23.3 Å². The second-order valence-electron chi connectivity index (χ2n) is 5.29. The highest BCUT2D eigenvalue weighted by molar-refractivity contribution is 7.14. The molecule has 0 atom stereocenters. The molecule has 0 saturated heterocycles. The molecule has 0 aromatic carbocycles. The molecule has 0 spiro atoms. The van der Waals surface area contributed by atoms with E-state index in [1.54, 1.807) is 27.6 Å². The summed E-state index contributed by atoms with van der Waals surface area (Å²) in [5.74, 6) is 0.120. The number of hydrogen-bond acceptors (Lipinski definition) is 4. The molecule has 5 heteroatoms. The highest BCUT2D eigenvalue weighted by Crippen LogP contribution is 2.30. The SMILES string of the molecule is Cc1nc(CN(C)C(=O)c2cc3c(s2)CCCC3)cs1. The molecule has 20 heavy (non-hydrogen) atoms. The fraction of sp³-hybridized carbons (Fsp3) is 0.467. The maximum atomic E-state index is 12.5. The molecular weight excluding hydrogens is 288 g/mol. The van der Waals surface area contributed by atoms with Gasteiger partial charge in [0.25, 0.3) is 5.91 Å². The van der Waals surface area contributed by atoms with Gasteiger partial charge in [0, 0.05) is 17.3 Å². The number of amides is 1. The maximum Gasteiger partial charge on any atom is 0.264 e. The Hall–Kier alpha value is -1.20. The molecule has 2 aromatic rings. The number of carbonyl (C=O) groups is 1. The van der Waals surface area contributed by atoms with Crippen molar-refractivity contribution in [3.8, 4) is 0 Å². The molecule has 0 aliphatic heterocycles. The normalized spacial score (nSPS) is 14.1. The number of rotatable bonds is 3. The summed E-state index contributed by atoms with van der Waals surface area (Å²) in [6.45, 7) is 2.58. The van der Waals surface area contributed by atoms with Gasteiger partial charge in [-0.05, 0) is 44.2 Å². The topological polar surface area (TPSA) is 33.2 Å². The smallest absolute Gasteiger partial charge is 0.264 e. The van der Waals surface area contributed by atoms with Crippen LogP contribution in [0, 0.1) is 6.92 Å². The second-order valence-corrected chi connectivity index (χ2v) is 7.48. The Labute approximate surface area is 127 Å². The lowest BCUT2D eigenvalue weighted by molar-refractivity contribution is 0.0788. The number of nitrogens with zero attached hydrogens (tertiary/aromatic N) is 2. The Balaban J connectivity index is 1.73. The third-order valence-corrected chi connectivity index (χ3v) is 5.67. The first-order chi connectivity index (χ1) is 9.63. The zero-order valence-corrected chi connectivity index (χ0v) is 13.4. The molecule has 1 amide bonds. The molecule has 0 N–H and O–H groups in total. The first-order valence-corrected chi connectivity index (χ1v) is 8.61. The molecule has 0 radical (unpaired) electrons. The lowest BCUT2D eigenvalue weighted by Crippen LogP contribution is -2.25. The number of aromatic nitrogens is 1. The number of hydrogen-bond donors (Lipinski definition) is 0. The van der Waals surface area contributed by atoms with E-state index in [0.29, 0.717) is 6.54 Å². The van der Waals surface area contributed by atoms with E-state index in [0.717, 1.165) is 28.4 Å². The van der Waals surface area contributed by atoms with Gasteiger partial charge in [-0.1, -0.05) is 0 Å². The van der Waals surface area contributed by atoms with Crippen LogP contribution in [0.2, 0.25) is 0 Å². The van der Waals surface area contributed by atoms with Crippen molar-refractivity contribution in [2.45, 2.75) is 39.2 Å². The van der Waals surface area contributed by atoms with Crippen molar-refractivity contribution in [3.63, 3.8) is 0 Å². The van der Waals surface area contributed by atoms with Crippen LogP contribution < -0.4 is 0 Å². The van der Waals surface area contributed by atoms with E-state index in [4.69, 9.17) is 0 Å². The van der Waals surface area contributed by atoms with Gasteiger partial charge in [0.2, 0.25) is 0 Å². The zero-order valence-electron chi connectivity index (χ0n) is 11.8. The van der Waals surface area contributed by atoms with Crippen molar-refractivity contribution >= 4 is 28.6 Å². The highest BCUT2D eigenvalue weighted by atomic mass is 32.1. The van der Waals surface area contributed by atoms with Gasteiger partial charge in [-0.15, -0.1) is 22.7 Å². The van der Waals surface area contributed by atoms with Crippen molar-refractivity contribution in [2.24, 2.45) is 0 Å². The van der Waals surface area contributed by atoms with Gasteiger partial charge < -0.3 is 4.90 Å². The van der Waals surface area contributed by atoms with Crippen molar-refractivity contribution in [1.82, 2.24) is 9.88 Å². The lowest BCUT2D eigenvalue weighted by Gasteiger charge is -2.14. The van der Waals surface area contributed by atoms with Crippen LogP contribution in [0.15, 0.2) is 11.4 Å². The van der Waals surface area contributed by atoms with E-state index in [-0.39, 0.29) is 5.91 Å². The molecule has 0 bridgehead atoms. The van der Waals surface area contributed by atoms with Crippen LogP contribution in [0.25, 0.3) is 0 Å². The van der Waals surface area contributed by atoms with Gasteiger partial charge in [-0.25, -0.2) is 4.98 Å². The van der Waals surface area contributed by atoms with Crippen LogP contribution in [0.4, 0.5) is 0 Å². The van der Waals surface area contributed by atoms with E-state index in [1.807, 2.05) is 19.4 Å². The minimum Gasteiger partial charge on any atom is -0.335 e. The molecule has 2 aromatic heterocycles. The van der Waals surface area contributed by atoms with Crippen LogP contribution in [0.5, 0.6) is 0 Å². The summed E-state index contributed by atoms with van der Waals surface area (Å²) >= 11 is 3.31. The minimum atomic E-state index is 0.120. The Morgan fingerprint density at radius 1 is 1.40 bits per heavy atom. The van der Waals surface area contributed by atoms with Gasteiger partial charge >= 0.3 is 0 Å². The van der Waals surface area contributed by atoms with E-state index >= 15 is 0 Å². The average molecular weight is 306 g/mol. The number of fused-ring (bicyclic) bond motifs is 1. The van der Waals surface area contributed by atoms with E-state index < -0.39 is 0 Å². The van der Waals surface area contributed by atoms with Crippen molar-refractivity contribution in [1.29, 1.82) is 0 Å². The summed E-state index contributed by atoms with van der Waals surface area (Å²) in [6, 6.07) is 2.10. The standard InChI is InChI=1S/C15H18N2OS2/c1-10-16-12(9-19-10)8-17(2)15(18)14-7-11-5-3-4-6-13(11)20-14/h7,9H,3-6,8H2,1-2H3. The predicted molar refractivity (Wildman–Crippen MR) is 83.6 cm³/mol. The molecule has 1 aliphatic carbocycles. The lowest BCUT2D eigenvalue weighted by atomic mass is 9.99. The van der Waals surface area contributed by atoms with Crippen LogP contribution in [0.1, 0.15) is 43.7 Å². The third-order valence-electron chi connectivity index (χ3n) is 3.62. The first-order valence-electron chi connectivity index (χ1n) is 6.91. The summed E-state index contributed by atoms with van der Waals surface area (Å²) in [4.78, 5) is 21.0. The molecule has 3 rings (SSSR count). The predicted octanol–water partition coefficient (Wildman–Crippen LogP) is 3.66. The summed E-state index contributed by atoms with van der Waals surface area (Å²) in [5.41, 5.74) is 2.37. The summed E-state index contributed by atoms with van der Waals surface area (Å²) in [7, 11) is 1.86. The Morgan fingerprint density at radius 3 is 2.90 bits per heavy atom. The van der Waals surface area contributed by atoms with Crippen LogP contribution in [0.3, 0.4) is 0 Å². The van der Waals surface area contributed by atoms with E-state index in [9.17, 15) is 4.79 Å². The van der Waals surface area contributed by atoms with Crippen molar-refractivity contribution in [2.75, 3.05) is 7.05 Å². The average Bonchev–Trinajstić information content (AvgIpc) is 3.03. The Kier molecular flexibility index (Phi) is 3.89. The fourth-order valence-electron chi connectivity index (χ4n) is 2.58. The number of thiazole rings is 1. The monoisotopic (exact) mass is 306 g/mol. The van der Waals surface area contributed by atoms with Crippen LogP contribution in [-0.4, -0.2) is 22.8 Å². The number of carbonyl (C=O) groups excluding carboxylic acids is 1. The summed E-state index contributed by atoms with van der Waals surface area (Å²) in [5, 5.41) is 3.07. The first kappa shape index (κ1) is 13.8. The number of thiophene rings is 1. The molecule has 106 valence electrons. The second kappa shape index (κ2) is 5.66. The molecule has 0 saturated carbocycles. The third kappa shape index (κ3) is 2.79. The van der Waals surface area contributed by atoms with Gasteiger partial charge in [0.15, 0.2) is 0 Å². The molecule has 0 fully saturated rings. The maximum absolute atomic E-state index is 12.5. The van der Waals surface area contributed by atoms with Crippen molar-refractivity contribution < 1.29 is 4.79 Å². The molecule has 1 aliphatic rings. The molecular formula is C15H18N2OS2. The Morgan fingerprint density at radius 2 is 2.20 bits per heavy atom. The quantitative estimate of drug-likeness (QED) is 0.867. The summed E-state index contributed by atoms with van der Waals surface area (Å²) in [6.07, 6.45) is 4.79. The molecule has 0 unspecified atom stereocenters. The molecule has 3 nitrogen and oxygen atoms in total. The van der Waals surface area contributed by atoms with Crippen LogP contribution in [-0.2, 0) is 19.4 Å². The number of aryl methyl sites for hydroxylation is 3. The fourth-order valence-corrected chi connectivity index (χ4v) is 4.43. The Bertz CT molecular complexity index is 606. The van der Waals surface area contributed by atoms with E-state index in [2.05, 4.69) is 11.1 Å². The largest absolute Gasteiger partial charge is 0.335 e. The highest BCUT2D eigenvalue weighted by Gasteiger charge is 2.20. The zero-order chi connectivity index (χ0) is 14.1. The van der Waals surface area contributed by atoms with Gasteiger partial charge in [0.1, 0.15) is 0 Å². The van der Waals surface area contributed by atoms with Crippen molar-refractivity contribution in [3.05, 3.63) is 37.5 Å².